The van der Waals surface area contributed by atoms with Gasteiger partial charge in [-0.05, 0) is 24.6 Å². The van der Waals surface area contributed by atoms with Gasteiger partial charge in [-0.2, -0.15) is 13.2 Å². The van der Waals surface area contributed by atoms with Gasteiger partial charge in [0, 0.05) is 19.1 Å². The lowest BCUT2D eigenvalue weighted by Gasteiger charge is -2.15. The van der Waals surface area contributed by atoms with Gasteiger partial charge < -0.3 is 16.0 Å². The number of urea groups is 1. The fraction of sp³-hybridized carbons (Fsp3) is 0.462. The monoisotopic (exact) mass is 287 g/mol. The lowest BCUT2D eigenvalue weighted by molar-refractivity contribution is -0.138. The van der Waals surface area contributed by atoms with Gasteiger partial charge in [0.15, 0.2) is 0 Å². The summed E-state index contributed by atoms with van der Waals surface area (Å²) in [7, 11) is 0. The first-order valence-electron chi connectivity index (χ1n) is 6.37. The molecule has 1 heterocycles. The van der Waals surface area contributed by atoms with Crippen molar-refractivity contribution in [1.82, 2.24) is 16.0 Å². The Morgan fingerprint density at radius 1 is 1.35 bits per heavy atom. The molecule has 2 rings (SSSR count). The Morgan fingerprint density at radius 2 is 2.10 bits per heavy atom. The minimum Gasteiger partial charge on any atom is -0.334 e. The van der Waals surface area contributed by atoms with E-state index in [-0.39, 0.29) is 18.2 Å². The van der Waals surface area contributed by atoms with Crippen LogP contribution in [0.3, 0.4) is 0 Å². The fourth-order valence-corrected chi connectivity index (χ4v) is 2.14. The molecule has 7 heteroatoms. The van der Waals surface area contributed by atoms with Gasteiger partial charge in [0.1, 0.15) is 0 Å². The quantitative estimate of drug-likeness (QED) is 0.795. The second-order valence-corrected chi connectivity index (χ2v) is 4.67. The minimum atomic E-state index is -4.41. The molecule has 110 valence electrons. The van der Waals surface area contributed by atoms with Crippen LogP contribution < -0.4 is 16.0 Å². The number of hydrogen-bond acceptors (Lipinski definition) is 2. The van der Waals surface area contributed by atoms with E-state index in [1.807, 2.05) is 0 Å². The molecule has 0 aromatic heterocycles. The van der Waals surface area contributed by atoms with Crippen LogP contribution in [0.1, 0.15) is 17.5 Å². The molecule has 0 saturated carbocycles. The average molecular weight is 287 g/mol. The van der Waals surface area contributed by atoms with Crippen molar-refractivity contribution in [2.45, 2.75) is 25.2 Å². The lowest BCUT2D eigenvalue weighted by atomic mass is 10.1. The van der Waals surface area contributed by atoms with Gasteiger partial charge in [-0.15, -0.1) is 0 Å². The summed E-state index contributed by atoms with van der Waals surface area (Å²) in [5.41, 5.74) is -0.664. The molecule has 1 unspecified atom stereocenters. The van der Waals surface area contributed by atoms with Crippen LogP contribution >= 0.6 is 0 Å². The number of nitrogens with one attached hydrogen (secondary N) is 3. The number of benzene rings is 1. The Labute approximate surface area is 114 Å². The van der Waals surface area contributed by atoms with Crippen LogP contribution in [-0.4, -0.2) is 25.2 Å². The van der Waals surface area contributed by atoms with Crippen LogP contribution in [-0.2, 0) is 12.7 Å². The summed E-state index contributed by atoms with van der Waals surface area (Å²) >= 11 is 0. The van der Waals surface area contributed by atoms with Gasteiger partial charge in [-0.25, -0.2) is 4.79 Å². The molecule has 1 saturated heterocycles. The van der Waals surface area contributed by atoms with Crippen LogP contribution in [0.5, 0.6) is 0 Å². The maximum Gasteiger partial charge on any atom is 0.416 e. The van der Waals surface area contributed by atoms with Gasteiger partial charge in [-0.3, -0.25) is 0 Å². The van der Waals surface area contributed by atoms with E-state index in [1.165, 1.54) is 18.2 Å². The molecule has 1 fully saturated rings. The van der Waals surface area contributed by atoms with Crippen molar-refractivity contribution < 1.29 is 18.0 Å². The predicted octanol–water partition coefficient (Wildman–Crippen LogP) is 1.87. The Bertz CT molecular complexity index is 470. The van der Waals surface area contributed by atoms with E-state index in [1.54, 1.807) is 0 Å². The number of alkyl halides is 3. The maximum atomic E-state index is 12.8. The summed E-state index contributed by atoms with van der Waals surface area (Å²) in [4.78, 5) is 11.6. The van der Waals surface area contributed by atoms with E-state index in [4.69, 9.17) is 0 Å². The van der Waals surface area contributed by atoms with Crippen LogP contribution in [0.4, 0.5) is 18.0 Å². The van der Waals surface area contributed by atoms with Crippen molar-refractivity contribution in [1.29, 1.82) is 0 Å². The number of rotatable bonds is 3. The highest BCUT2D eigenvalue weighted by Gasteiger charge is 2.32. The van der Waals surface area contributed by atoms with E-state index < -0.39 is 17.8 Å². The van der Waals surface area contributed by atoms with Gasteiger partial charge in [0.2, 0.25) is 0 Å². The summed E-state index contributed by atoms with van der Waals surface area (Å²) < 4.78 is 38.3. The SMILES string of the molecule is O=C(NCc1ccccc1C(F)(F)F)NC1CCNC1. The number of halogens is 3. The van der Waals surface area contributed by atoms with Crippen molar-refractivity contribution in [2.75, 3.05) is 13.1 Å². The highest BCUT2D eigenvalue weighted by Crippen LogP contribution is 2.31. The normalized spacial score (nSPS) is 18.9. The van der Waals surface area contributed by atoms with E-state index in [2.05, 4.69) is 16.0 Å². The van der Waals surface area contributed by atoms with Crippen LogP contribution in [0, 0.1) is 0 Å². The molecule has 2 amide bonds. The fourth-order valence-electron chi connectivity index (χ4n) is 2.14. The van der Waals surface area contributed by atoms with Gasteiger partial charge >= 0.3 is 12.2 Å². The number of amides is 2. The highest BCUT2D eigenvalue weighted by molar-refractivity contribution is 5.74. The standard InChI is InChI=1S/C13H16F3N3O/c14-13(15,16)11-4-2-1-3-9(11)7-18-12(20)19-10-5-6-17-8-10/h1-4,10,17H,5-8H2,(H2,18,19,20). The molecule has 0 radical (unpaired) electrons. The summed E-state index contributed by atoms with van der Waals surface area (Å²) in [5.74, 6) is 0. The van der Waals surface area contributed by atoms with E-state index >= 15 is 0 Å². The van der Waals surface area contributed by atoms with Gasteiger partial charge in [0.05, 0.1) is 5.56 Å². The molecule has 1 aromatic rings. The molecule has 0 spiro atoms. The number of carbonyl (C=O) groups is 1. The Balaban J connectivity index is 1.92. The molecule has 1 aliphatic rings. The van der Waals surface area contributed by atoms with Crippen LogP contribution in [0.2, 0.25) is 0 Å². The van der Waals surface area contributed by atoms with Crippen LogP contribution in [0.25, 0.3) is 0 Å². The smallest absolute Gasteiger partial charge is 0.334 e. The zero-order valence-corrected chi connectivity index (χ0v) is 10.8. The number of hydrogen-bond donors (Lipinski definition) is 3. The summed E-state index contributed by atoms with van der Waals surface area (Å²) in [5, 5.41) is 8.26. The maximum absolute atomic E-state index is 12.8. The van der Waals surface area contributed by atoms with Gasteiger partial charge in [0.25, 0.3) is 0 Å². The topological polar surface area (TPSA) is 53.2 Å². The van der Waals surface area contributed by atoms with Crippen molar-refractivity contribution in [3.8, 4) is 0 Å². The molecular formula is C13H16F3N3O. The van der Waals surface area contributed by atoms with Crippen LogP contribution in [0.15, 0.2) is 24.3 Å². The summed E-state index contributed by atoms with van der Waals surface area (Å²) in [6, 6.07) is 4.81. The molecule has 0 bridgehead atoms. The lowest BCUT2D eigenvalue weighted by Crippen LogP contribution is -2.42. The molecule has 4 nitrogen and oxygen atoms in total. The van der Waals surface area contributed by atoms with E-state index in [0.29, 0.717) is 6.54 Å². The predicted molar refractivity (Wildman–Crippen MR) is 68.1 cm³/mol. The zero-order chi connectivity index (χ0) is 14.6. The third-order valence-electron chi connectivity index (χ3n) is 3.16. The first-order valence-corrected chi connectivity index (χ1v) is 6.37. The van der Waals surface area contributed by atoms with Crippen molar-refractivity contribution in [3.05, 3.63) is 35.4 Å². The summed E-state index contributed by atoms with van der Waals surface area (Å²) in [6.07, 6.45) is -3.59. The highest BCUT2D eigenvalue weighted by atomic mass is 19.4. The van der Waals surface area contributed by atoms with Gasteiger partial charge in [-0.1, -0.05) is 18.2 Å². The molecular weight excluding hydrogens is 271 g/mol. The second-order valence-electron chi connectivity index (χ2n) is 4.67. The molecule has 1 aliphatic heterocycles. The largest absolute Gasteiger partial charge is 0.416 e. The molecule has 1 atom stereocenters. The van der Waals surface area contributed by atoms with Crippen molar-refractivity contribution in [2.24, 2.45) is 0 Å². The van der Waals surface area contributed by atoms with E-state index in [0.717, 1.165) is 19.0 Å². The number of carbonyl (C=O) groups excluding carboxylic acids is 1. The van der Waals surface area contributed by atoms with Crippen molar-refractivity contribution in [3.63, 3.8) is 0 Å². The zero-order valence-electron chi connectivity index (χ0n) is 10.8. The molecule has 20 heavy (non-hydrogen) atoms. The second kappa shape index (κ2) is 6.13. The minimum absolute atomic E-state index is 0.0351. The third-order valence-corrected chi connectivity index (χ3v) is 3.16. The van der Waals surface area contributed by atoms with Crippen molar-refractivity contribution >= 4 is 6.03 Å². The first-order chi connectivity index (χ1) is 9.47. The molecule has 1 aromatic carbocycles. The Hall–Kier alpha value is -1.76. The first kappa shape index (κ1) is 14.6. The molecule has 0 aliphatic carbocycles. The molecule has 3 N–H and O–H groups in total. The van der Waals surface area contributed by atoms with E-state index in [9.17, 15) is 18.0 Å². The Kier molecular flexibility index (Phi) is 4.49. The third kappa shape index (κ3) is 3.86. The summed E-state index contributed by atoms with van der Waals surface area (Å²) in [6.45, 7) is 1.37. The Morgan fingerprint density at radius 3 is 2.75 bits per heavy atom. The average Bonchev–Trinajstić information content (AvgIpc) is 2.88.